The van der Waals surface area contributed by atoms with Crippen LogP contribution in [0.15, 0.2) is 41.5 Å². The van der Waals surface area contributed by atoms with E-state index in [1.165, 1.54) is 9.13 Å². The summed E-state index contributed by atoms with van der Waals surface area (Å²) in [6.07, 6.45) is 4.42. The highest BCUT2D eigenvalue weighted by Crippen LogP contribution is 2.33. The molecule has 0 fully saturated rings. The van der Waals surface area contributed by atoms with Crippen LogP contribution in [0.1, 0.15) is 25.3 Å². The molecule has 10 heteroatoms. The van der Waals surface area contributed by atoms with Crippen molar-refractivity contribution in [2.45, 2.75) is 57.8 Å². The van der Waals surface area contributed by atoms with Gasteiger partial charge in [0.15, 0.2) is 5.65 Å². The molecule has 0 amide bonds. The summed E-state index contributed by atoms with van der Waals surface area (Å²) in [7, 11) is -1.26. The van der Waals surface area contributed by atoms with E-state index in [9.17, 15) is 9.90 Å². The van der Waals surface area contributed by atoms with Crippen LogP contribution >= 0.6 is 0 Å². The molecule has 0 aromatic carbocycles. The van der Waals surface area contributed by atoms with Gasteiger partial charge in [0.1, 0.15) is 23.8 Å². The van der Waals surface area contributed by atoms with E-state index < -0.39 is 13.7 Å². The molecule has 184 valence electrons. The number of hydrogen-bond acceptors (Lipinski definition) is 7. The first-order valence-corrected chi connectivity index (χ1v) is 15.7. The zero-order valence-corrected chi connectivity index (χ0v) is 21.6. The average Bonchev–Trinajstić information content (AvgIpc) is 3.09. The zero-order valence-electron chi connectivity index (χ0n) is 20.6. The number of hydrogen-bond donors (Lipinski definition) is 1. The first-order valence-electron chi connectivity index (χ1n) is 12.0. The van der Waals surface area contributed by atoms with E-state index in [0.29, 0.717) is 65.4 Å². The van der Waals surface area contributed by atoms with Crippen LogP contribution in [0.4, 0.5) is 0 Å². The molecule has 0 saturated carbocycles. The molecule has 4 aromatic rings. The Morgan fingerprint density at radius 1 is 1.17 bits per heavy atom. The van der Waals surface area contributed by atoms with Gasteiger partial charge in [-0.2, -0.15) is 0 Å². The minimum Gasteiger partial charge on any atom is -0.491 e. The lowest BCUT2D eigenvalue weighted by molar-refractivity contribution is 0.0427. The molecule has 1 atom stereocenters. The Labute approximate surface area is 204 Å². The van der Waals surface area contributed by atoms with Crippen LogP contribution in [0.25, 0.3) is 28.0 Å². The Kier molecular flexibility index (Phi) is 5.98. The maximum atomic E-state index is 13.7. The van der Waals surface area contributed by atoms with Crippen LogP contribution in [0, 0.1) is 0 Å². The second-order valence-electron chi connectivity index (χ2n) is 10.5. The number of pyridine rings is 3. The number of imidazole rings is 1. The molecule has 0 spiro atoms. The topological polar surface area (TPSA) is 104 Å². The van der Waals surface area contributed by atoms with Crippen LogP contribution in [-0.2, 0) is 17.1 Å². The third-order valence-corrected chi connectivity index (χ3v) is 8.13. The van der Waals surface area contributed by atoms with E-state index in [2.05, 4.69) is 29.6 Å². The van der Waals surface area contributed by atoms with Crippen molar-refractivity contribution in [3.8, 4) is 11.6 Å². The molecule has 4 aromatic heterocycles. The van der Waals surface area contributed by atoms with Crippen LogP contribution < -0.4 is 10.4 Å². The summed E-state index contributed by atoms with van der Waals surface area (Å²) in [5.74, 6) is 0.957. The van der Waals surface area contributed by atoms with Crippen molar-refractivity contribution in [3.05, 3.63) is 52.7 Å². The van der Waals surface area contributed by atoms with Gasteiger partial charge < -0.3 is 14.6 Å². The molecule has 1 aliphatic rings. The predicted octanol–water partition coefficient (Wildman–Crippen LogP) is 3.82. The van der Waals surface area contributed by atoms with Crippen molar-refractivity contribution >= 4 is 30.3 Å². The SMILES string of the molecule is C[C@@]1(O)CCCOc2ccnc3c2n(c(=O)n3COCC[Si](C)(C)C)-c2ccc3nccc1c3n2. The highest BCUT2D eigenvalue weighted by molar-refractivity contribution is 6.76. The van der Waals surface area contributed by atoms with Gasteiger partial charge in [0.05, 0.1) is 23.2 Å². The normalized spacial score (nSPS) is 18.4. The minimum atomic E-state index is -1.26. The summed E-state index contributed by atoms with van der Waals surface area (Å²) in [6.45, 7) is 9.71. The van der Waals surface area contributed by atoms with Gasteiger partial charge >= 0.3 is 5.69 Å². The van der Waals surface area contributed by atoms with Crippen molar-refractivity contribution in [1.82, 2.24) is 24.1 Å². The van der Waals surface area contributed by atoms with Crippen molar-refractivity contribution in [3.63, 3.8) is 0 Å². The standard InChI is InChI=1S/C25H31N5O4Si/c1-25(32)10-5-13-34-19-9-12-27-23-22(19)30(24(31)29(23)16-33-14-15-35(2,3)4)20-7-6-18-21(28-20)17(25)8-11-26-18/h6-9,11-12,32H,5,10,13-16H2,1-4H3/t25-/m1/s1. The van der Waals surface area contributed by atoms with Crippen molar-refractivity contribution in [2.75, 3.05) is 13.2 Å². The molecule has 1 N–H and O–H groups in total. The fraction of sp³-hybridized carbons (Fsp3) is 0.440. The monoisotopic (exact) mass is 493 g/mol. The zero-order chi connectivity index (χ0) is 24.8. The maximum absolute atomic E-state index is 13.7. The number of rotatable bonds is 5. The van der Waals surface area contributed by atoms with E-state index >= 15 is 0 Å². The van der Waals surface area contributed by atoms with E-state index in [0.717, 1.165) is 6.04 Å². The number of fused-ring (bicyclic) bond motifs is 2. The first kappa shape index (κ1) is 23.6. The minimum absolute atomic E-state index is 0.0956. The maximum Gasteiger partial charge on any atom is 0.338 e. The largest absolute Gasteiger partial charge is 0.491 e. The third-order valence-electron chi connectivity index (χ3n) is 6.43. The molecular weight excluding hydrogens is 462 g/mol. The van der Waals surface area contributed by atoms with Gasteiger partial charge in [-0.15, -0.1) is 0 Å². The summed E-state index contributed by atoms with van der Waals surface area (Å²) in [6, 6.07) is 8.13. The van der Waals surface area contributed by atoms with Crippen molar-refractivity contribution in [1.29, 1.82) is 0 Å². The molecule has 9 nitrogen and oxygen atoms in total. The first-order chi connectivity index (χ1) is 16.7. The van der Waals surface area contributed by atoms with Crippen molar-refractivity contribution < 1.29 is 14.6 Å². The lowest BCUT2D eigenvalue weighted by Crippen LogP contribution is -2.27. The van der Waals surface area contributed by atoms with Gasteiger partial charge in [-0.05, 0) is 44.0 Å². The fourth-order valence-electron chi connectivity index (χ4n) is 4.43. The molecule has 5 heterocycles. The molecule has 0 aliphatic carbocycles. The highest BCUT2D eigenvalue weighted by atomic mass is 28.3. The highest BCUT2D eigenvalue weighted by Gasteiger charge is 2.28. The van der Waals surface area contributed by atoms with Crippen LogP contribution in [0.2, 0.25) is 25.7 Å². The summed E-state index contributed by atoms with van der Waals surface area (Å²) in [5, 5.41) is 11.3. The summed E-state index contributed by atoms with van der Waals surface area (Å²) >= 11 is 0. The van der Waals surface area contributed by atoms with Gasteiger partial charge in [-0.3, -0.25) is 9.55 Å². The van der Waals surface area contributed by atoms with Crippen LogP contribution in [-0.4, -0.2) is 50.5 Å². The van der Waals surface area contributed by atoms with Crippen molar-refractivity contribution in [2.24, 2.45) is 0 Å². The van der Waals surface area contributed by atoms with Gasteiger partial charge in [0.25, 0.3) is 0 Å². The molecular formula is C25H31N5O4Si. The van der Waals surface area contributed by atoms with Crippen LogP contribution in [0.5, 0.6) is 5.75 Å². The third kappa shape index (κ3) is 4.49. The smallest absolute Gasteiger partial charge is 0.338 e. The second-order valence-corrected chi connectivity index (χ2v) is 16.1. The van der Waals surface area contributed by atoms with Crippen LogP contribution in [0.3, 0.4) is 0 Å². The second kappa shape index (κ2) is 8.85. The average molecular weight is 494 g/mol. The van der Waals surface area contributed by atoms with E-state index in [1.54, 1.807) is 37.5 Å². The number of nitrogens with zero attached hydrogens (tertiary/aromatic N) is 5. The molecule has 5 rings (SSSR count). The van der Waals surface area contributed by atoms with Gasteiger partial charge in [-0.1, -0.05) is 19.6 Å². The summed E-state index contributed by atoms with van der Waals surface area (Å²) < 4.78 is 15.1. The Morgan fingerprint density at radius 3 is 2.77 bits per heavy atom. The Bertz CT molecular complexity index is 1450. The number of aliphatic hydroxyl groups is 1. The lowest BCUT2D eigenvalue weighted by atomic mass is 9.90. The molecule has 1 aliphatic heterocycles. The lowest BCUT2D eigenvalue weighted by Gasteiger charge is -2.25. The molecule has 0 saturated heterocycles. The Hall–Kier alpha value is -3.08. The quantitative estimate of drug-likeness (QED) is 0.333. The van der Waals surface area contributed by atoms with E-state index in [4.69, 9.17) is 14.5 Å². The van der Waals surface area contributed by atoms with Gasteiger partial charge in [0.2, 0.25) is 0 Å². The summed E-state index contributed by atoms with van der Waals surface area (Å²) in [4.78, 5) is 27.5. The van der Waals surface area contributed by atoms with E-state index in [-0.39, 0.29) is 12.4 Å². The summed E-state index contributed by atoms with van der Waals surface area (Å²) in [5.41, 5.74) is 1.51. The fourth-order valence-corrected chi connectivity index (χ4v) is 5.18. The number of ether oxygens (including phenoxy) is 2. The Balaban J connectivity index is 1.70. The molecule has 0 unspecified atom stereocenters. The number of aromatic nitrogens is 5. The van der Waals surface area contributed by atoms with Gasteiger partial charge in [0, 0.05) is 38.7 Å². The van der Waals surface area contributed by atoms with Gasteiger partial charge in [-0.25, -0.2) is 19.3 Å². The van der Waals surface area contributed by atoms with E-state index in [1.807, 2.05) is 6.07 Å². The molecule has 2 bridgehead atoms. The predicted molar refractivity (Wildman–Crippen MR) is 137 cm³/mol. The molecule has 0 radical (unpaired) electrons. The Morgan fingerprint density at radius 2 is 1.97 bits per heavy atom. The molecule has 35 heavy (non-hydrogen) atoms.